The van der Waals surface area contributed by atoms with Crippen molar-refractivity contribution >= 4 is 11.9 Å². The van der Waals surface area contributed by atoms with Crippen LogP contribution in [0, 0.1) is 5.92 Å². The Labute approximate surface area is 112 Å². The first kappa shape index (κ1) is 15.2. The Morgan fingerprint density at radius 3 is 2.42 bits per heavy atom. The summed E-state index contributed by atoms with van der Waals surface area (Å²) in [5.74, 6) is -1.51. The van der Waals surface area contributed by atoms with Crippen LogP contribution in [0.3, 0.4) is 0 Å². The van der Waals surface area contributed by atoms with Crippen LogP contribution >= 0.6 is 0 Å². The molecule has 0 aliphatic heterocycles. The monoisotopic (exact) mass is 265 g/mol. The largest absolute Gasteiger partial charge is 0.481 e. The normalized spacial score (nSPS) is 13.6. The van der Waals surface area contributed by atoms with Gasteiger partial charge in [-0.3, -0.25) is 9.59 Å². The molecule has 104 valence electrons. The number of amides is 1. The molecule has 19 heavy (non-hydrogen) atoms. The Morgan fingerprint density at radius 1 is 1.26 bits per heavy atom. The fraction of sp³-hybridized carbons (Fsp3) is 0.429. The second kappa shape index (κ2) is 7.53. The predicted octanol–water partition coefficient (Wildman–Crippen LogP) is 1.34. The van der Waals surface area contributed by atoms with E-state index in [2.05, 4.69) is 5.32 Å². The maximum atomic E-state index is 11.7. The van der Waals surface area contributed by atoms with Gasteiger partial charge in [-0.25, -0.2) is 0 Å². The SMILES string of the molecule is CCC(CNC(=O)C(O)c1ccccc1)CC(=O)O. The van der Waals surface area contributed by atoms with E-state index in [9.17, 15) is 14.7 Å². The lowest BCUT2D eigenvalue weighted by Gasteiger charge is -2.16. The van der Waals surface area contributed by atoms with Gasteiger partial charge >= 0.3 is 5.97 Å². The standard InChI is InChI=1S/C14H19NO4/c1-2-10(8-12(16)17)9-15-14(19)13(18)11-6-4-3-5-7-11/h3-7,10,13,18H,2,8-9H2,1H3,(H,15,19)(H,16,17). The fourth-order valence-electron chi connectivity index (χ4n) is 1.74. The van der Waals surface area contributed by atoms with E-state index in [4.69, 9.17) is 5.11 Å². The molecule has 0 heterocycles. The molecule has 0 aliphatic rings. The number of hydrogen-bond donors (Lipinski definition) is 3. The summed E-state index contributed by atoms with van der Waals surface area (Å²) < 4.78 is 0. The van der Waals surface area contributed by atoms with Gasteiger partial charge in [0, 0.05) is 13.0 Å². The van der Waals surface area contributed by atoms with Gasteiger partial charge in [-0.2, -0.15) is 0 Å². The molecule has 5 heteroatoms. The van der Waals surface area contributed by atoms with Crippen LogP contribution in [0.5, 0.6) is 0 Å². The van der Waals surface area contributed by atoms with Crippen molar-refractivity contribution in [2.24, 2.45) is 5.92 Å². The van der Waals surface area contributed by atoms with Crippen molar-refractivity contribution in [2.45, 2.75) is 25.9 Å². The van der Waals surface area contributed by atoms with Crippen LogP contribution in [0.25, 0.3) is 0 Å². The van der Waals surface area contributed by atoms with Gasteiger partial charge in [0.2, 0.25) is 0 Å². The number of carboxylic acid groups (broad SMARTS) is 1. The number of rotatable bonds is 7. The highest BCUT2D eigenvalue weighted by Crippen LogP contribution is 2.13. The topological polar surface area (TPSA) is 86.6 Å². The van der Waals surface area contributed by atoms with Crippen LogP contribution in [0.1, 0.15) is 31.4 Å². The summed E-state index contributed by atoms with van der Waals surface area (Å²) in [7, 11) is 0. The van der Waals surface area contributed by atoms with Crippen LogP contribution in [-0.2, 0) is 9.59 Å². The lowest BCUT2D eigenvalue weighted by atomic mass is 10.0. The second-order valence-electron chi connectivity index (χ2n) is 4.43. The average molecular weight is 265 g/mol. The van der Waals surface area contributed by atoms with E-state index < -0.39 is 18.0 Å². The molecule has 0 fully saturated rings. The van der Waals surface area contributed by atoms with Crippen molar-refractivity contribution in [3.05, 3.63) is 35.9 Å². The molecule has 5 nitrogen and oxygen atoms in total. The Bertz CT molecular complexity index is 419. The van der Waals surface area contributed by atoms with Crippen LogP contribution < -0.4 is 5.32 Å². The highest BCUT2D eigenvalue weighted by atomic mass is 16.4. The molecular formula is C14H19NO4. The van der Waals surface area contributed by atoms with Crippen molar-refractivity contribution in [3.63, 3.8) is 0 Å². The third-order valence-corrected chi connectivity index (χ3v) is 2.97. The number of carbonyl (C=O) groups is 2. The van der Waals surface area contributed by atoms with E-state index in [1.165, 1.54) is 0 Å². The number of carbonyl (C=O) groups excluding carboxylic acids is 1. The lowest BCUT2D eigenvalue weighted by Crippen LogP contribution is -2.34. The van der Waals surface area contributed by atoms with Gasteiger partial charge in [-0.15, -0.1) is 0 Å². The molecule has 0 saturated carbocycles. The van der Waals surface area contributed by atoms with E-state index >= 15 is 0 Å². The maximum Gasteiger partial charge on any atom is 0.303 e. The zero-order valence-electron chi connectivity index (χ0n) is 10.9. The van der Waals surface area contributed by atoms with Crippen molar-refractivity contribution in [2.75, 3.05) is 6.54 Å². The number of carboxylic acids is 1. The molecule has 1 rings (SSSR count). The van der Waals surface area contributed by atoms with Gasteiger partial charge in [0.15, 0.2) is 6.10 Å². The van der Waals surface area contributed by atoms with Gasteiger partial charge in [0.05, 0.1) is 0 Å². The Morgan fingerprint density at radius 2 is 1.89 bits per heavy atom. The van der Waals surface area contributed by atoms with Crippen molar-refractivity contribution in [1.29, 1.82) is 0 Å². The van der Waals surface area contributed by atoms with Crippen LogP contribution in [-0.4, -0.2) is 28.6 Å². The minimum Gasteiger partial charge on any atom is -0.481 e. The highest BCUT2D eigenvalue weighted by molar-refractivity contribution is 5.81. The first-order chi connectivity index (χ1) is 9.04. The number of benzene rings is 1. The summed E-state index contributed by atoms with van der Waals surface area (Å²) >= 11 is 0. The van der Waals surface area contributed by atoms with E-state index in [1.54, 1.807) is 30.3 Å². The van der Waals surface area contributed by atoms with Gasteiger partial charge in [0.25, 0.3) is 5.91 Å². The molecule has 0 aromatic heterocycles. The van der Waals surface area contributed by atoms with Crippen molar-refractivity contribution in [1.82, 2.24) is 5.32 Å². The van der Waals surface area contributed by atoms with Gasteiger partial charge in [0.1, 0.15) is 0 Å². The van der Waals surface area contributed by atoms with E-state index in [0.29, 0.717) is 12.0 Å². The minimum absolute atomic E-state index is 0.0121. The summed E-state index contributed by atoms with van der Waals surface area (Å²) in [4.78, 5) is 22.3. The first-order valence-corrected chi connectivity index (χ1v) is 6.27. The highest BCUT2D eigenvalue weighted by Gasteiger charge is 2.18. The third-order valence-electron chi connectivity index (χ3n) is 2.97. The van der Waals surface area contributed by atoms with E-state index in [1.807, 2.05) is 6.92 Å². The predicted molar refractivity (Wildman–Crippen MR) is 70.4 cm³/mol. The van der Waals surface area contributed by atoms with Crippen LogP contribution in [0.15, 0.2) is 30.3 Å². The Kier molecular flexibility index (Phi) is 6.02. The summed E-state index contributed by atoms with van der Waals surface area (Å²) in [6.45, 7) is 2.12. The number of aliphatic hydroxyl groups is 1. The molecule has 1 aromatic rings. The quantitative estimate of drug-likeness (QED) is 0.694. The Balaban J connectivity index is 2.48. The Hall–Kier alpha value is -1.88. The van der Waals surface area contributed by atoms with E-state index in [-0.39, 0.29) is 18.9 Å². The molecule has 3 N–H and O–H groups in total. The summed E-state index contributed by atoms with van der Waals surface area (Å²) in [5.41, 5.74) is 0.520. The smallest absolute Gasteiger partial charge is 0.303 e. The number of aliphatic carboxylic acids is 1. The third kappa shape index (κ3) is 5.09. The fourth-order valence-corrected chi connectivity index (χ4v) is 1.74. The molecule has 1 aromatic carbocycles. The van der Waals surface area contributed by atoms with Gasteiger partial charge in [-0.1, -0.05) is 43.7 Å². The van der Waals surface area contributed by atoms with Crippen molar-refractivity contribution in [3.8, 4) is 0 Å². The summed E-state index contributed by atoms with van der Waals surface area (Å²) in [6.07, 6.45) is -0.546. The number of hydrogen-bond acceptors (Lipinski definition) is 3. The van der Waals surface area contributed by atoms with Crippen LogP contribution in [0.2, 0.25) is 0 Å². The lowest BCUT2D eigenvalue weighted by molar-refractivity contribution is -0.138. The summed E-state index contributed by atoms with van der Waals surface area (Å²) in [5, 5.41) is 21.1. The minimum atomic E-state index is -1.22. The molecule has 2 unspecified atom stereocenters. The molecule has 2 atom stereocenters. The molecule has 0 bridgehead atoms. The summed E-state index contributed by atoms with van der Waals surface area (Å²) in [6, 6.07) is 8.61. The average Bonchev–Trinajstić information content (AvgIpc) is 2.42. The second-order valence-corrected chi connectivity index (χ2v) is 4.43. The molecule has 0 saturated heterocycles. The molecule has 1 amide bonds. The van der Waals surface area contributed by atoms with Crippen LogP contribution in [0.4, 0.5) is 0 Å². The number of nitrogens with one attached hydrogen (secondary N) is 1. The molecule has 0 aliphatic carbocycles. The van der Waals surface area contributed by atoms with Crippen molar-refractivity contribution < 1.29 is 19.8 Å². The van der Waals surface area contributed by atoms with Gasteiger partial charge in [-0.05, 0) is 11.5 Å². The number of aliphatic hydroxyl groups excluding tert-OH is 1. The molecular weight excluding hydrogens is 246 g/mol. The molecule has 0 radical (unpaired) electrons. The maximum absolute atomic E-state index is 11.7. The molecule has 0 spiro atoms. The zero-order valence-corrected chi connectivity index (χ0v) is 10.9. The first-order valence-electron chi connectivity index (χ1n) is 6.27. The zero-order chi connectivity index (χ0) is 14.3. The van der Waals surface area contributed by atoms with E-state index in [0.717, 1.165) is 0 Å². The van der Waals surface area contributed by atoms with Gasteiger partial charge < -0.3 is 15.5 Å².